The molecule has 2 rings (SSSR count). The smallest absolute Gasteiger partial charge is 0.192 e. The Balaban J connectivity index is 2.19. The third-order valence-corrected chi connectivity index (χ3v) is 8.87. The Bertz CT molecular complexity index is 419. The average Bonchev–Trinajstić information content (AvgIpc) is 2.70. The van der Waals surface area contributed by atoms with Crippen LogP contribution in [0.25, 0.3) is 0 Å². The average molecular weight is 298 g/mol. The van der Waals surface area contributed by atoms with Crippen LogP contribution in [-0.4, -0.2) is 38.7 Å². The minimum Gasteiger partial charge on any atom is -0.407 e. The number of terminal acetylenes is 1. The third kappa shape index (κ3) is 2.81. The van der Waals surface area contributed by atoms with Crippen LogP contribution in [0.5, 0.6) is 0 Å². The largest absolute Gasteiger partial charge is 0.407 e. The van der Waals surface area contributed by atoms with Crippen molar-refractivity contribution >= 4 is 8.32 Å². The van der Waals surface area contributed by atoms with Gasteiger partial charge in [-0.1, -0.05) is 26.7 Å². The molecule has 0 bridgehead atoms. The van der Waals surface area contributed by atoms with E-state index in [2.05, 4.69) is 39.8 Å². The van der Waals surface area contributed by atoms with E-state index in [1.807, 2.05) is 13.8 Å². The lowest BCUT2D eigenvalue weighted by Gasteiger charge is -2.39. The van der Waals surface area contributed by atoms with Crippen LogP contribution in [0, 0.1) is 12.3 Å². The summed E-state index contributed by atoms with van der Waals surface area (Å²) in [6.45, 7) is 14.8. The molecule has 0 spiro atoms. The Kier molecular flexibility index (Phi) is 3.86. The predicted octanol–water partition coefficient (Wildman–Crippen LogP) is 2.89. The van der Waals surface area contributed by atoms with Crippen molar-refractivity contribution in [2.45, 2.75) is 83.1 Å². The van der Waals surface area contributed by atoms with Crippen molar-refractivity contribution in [3.05, 3.63) is 0 Å². The first-order valence-electron chi connectivity index (χ1n) is 7.12. The Morgan fingerprint density at radius 3 is 2.30 bits per heavy atom. The van der Waals surface area contributed by atoms with Crippen LogP contribution in [0.1, 0.15) is 34.6 Å². The fraction of sp³-hybridized carbons (Fsp3) is 0.867. The zero-order valence-electron chi connectivity index (χ0n) is 13.5. The van der Waals surface area contributed by atoms with E-state index in [1.165, 1.54) is 0 Å². The first kappa shape index (κ1) is 16.0. The Morgan fingerprint density at radius 1 is 1.20 bits per heavy atom. The molecule has 2 aliphatic heterocycles. The van der Waals surface area contributed by atoms with Crippen molar-refractivity contribution in [2.24, 2.45) is 0 Å². The van der Waals surface area contributed by atoms with Gasteiger partial charge in [0.2, 0.25) is 0 Å². The summed E-state index contributed by atoms with van der Waals surface area (Å²) in [4.78, 5) is 0. The maximum Gasteiger partial charge on any atom is 0.192 e. The molecule has 0 aromatic rings. The van der Waals surface area contributed by atoms with Crippen LogP contribution < -0.4 is 0 Å². The molecule has 0 radical (unpaired) electrons. The molecule has 2 fully saturated rings. The standard InChI is InChI=1S/C15H26O4Si/c1-9-10-11(19-20(7,8)14(2,3)4)12-13(16-10)18-15(5,6)17-12/h1,10-13H,2-8H3/t10-,11-,12-,13-/m1/s1. The van der Waals surface area contributed by atoms with Gasteiger partial charge in [-0.3, -0.25) is 0 Å². The molecule has 0 aliphatic carbocycles. The molecule has 0 aromatic heterocycles. The van der Waals surface area contributed by atoms with E-state index in [1.54, 1.807) is 0 Å². The molecule has 2 heterocycles. The first-order valence-corrected chi connectivity index (χ1v) is 10.0. The number of hydrogen-bond acceptors (Lipinski definition) is 4. The number of ether oxygens (including phenoxy) is 3. The summed E-state index contributed by atoms with van der Waals surface area (Å²) < 4.78 is 23.9. The van der Waals surface area contributed by atoms with Crippen LogP contribution in [0.15, 0.2) is 0 Å². The van der Waals surface area contributed by atoms with Gasteiger partial charge in [0.1, 0.15) is 18.3 Å². The van der Waals surface area contributed by atoms with Crippen molar-refractivity contribution in [1.29, 1.82) is 0 Å². The molecule has 4 atom stereocenters. The molecule has 114 valence electrons. The molecule has 2 saturated heterocycles. The molecule has 5 heteroatoms. The van der Waals surface area contributed by atoms with Crippen LogP contribution >= 0.6 is 0 Å². The summed E-state index contributed by atoms with van der Waals surface area (Å²) in [6, 6.07) is 0. The highest BCUT2D eigenvalue weighted by Crippen LogP contribution is 2.43. The highest BCUT2D eigenvalue weighted by atomic mass is 28.4. The highest BCUT2D eigenvalue weighted by molar-refractivity contribution is 6.74. The summed E-state index contributed by atoms with van der Waals surface area (Å²) in [5.74, 6) is 2.01. The molecular weight excluding hydrogens is 272 g/mol. The third-order valence-electron chi connectivity index (χ3n) is 4.39. The second-order valence-corrected chi connectivity index (χ2v) is 12.3. The molecule has 0 aromatic carbocycles. The lowest BCUT2D eigenvalue weighted by atomic mass is 10.1. The maximum absolute atomic E-state index is 6.44. The SMILES string of the molecule is C#C[C@H]1O[C@@H]2OC(C)(C)O[C@@H]2[C@@H]1O[Si](C)(C)C(C)(C)C. The topological polar surface area (TPSA) is 36.9 Å². The molecule has 0 N–H and O–H groups in total. The summed E-state index contributed by atoms with van der Waals surface area (Å²) in [6.07, 6.45) is 4.23. The number of hydrogen-bond donors (Lipinski definition) is 0. The van der Waals surface area contributed by atoms with Gasteiger partial charge in [-0.25, -0.2) is 0 Å². The molecule has 0 saturated carbocycles. The van der Waals surface area contributed by atoms with Gasteiger partial charge >= 0.3 is 0 Å². The van der Waals surface area contributed by atoms with Crippen molar-refractivity contribution < 1.29 is 18.6 Å². The van der Waals surface area contributed by atoms with Crippen molar-refractivity contribution in [2.75, 3.05) is 0 Å². The highest BCUT2D eigenvalue weighted by Gasteiger charge is 2.57. The van der Waals surface area contributed by atoms with Gasteiger partial charge in [0, 0.05) is 0 Å². The van der Waals surface area contributed by atoms with Gasteiger partial charge in [0.25, 0.3) is 0 Å². The van der Waals surface area contributed by atoms with Gasteiger partial charge in [0.15, 0.2) is 20.4 Å². The lowest BCUT2D eigenvalue weighted by Crippen LogP contribution is -2.49. The lowest BCUT2D eigenvalue weighted by molar-refractivity contribution is -0.207. The van der Waals surface area contributed by atoms with E-state index in [0.29, 0.717) is 0 Å². The minimum atomic E-state index is -1.95. The summed E-state index contributed by atoms with van der Waals surface area (Å²) in [7, 11) is -1.95. The van der Waals surface area contributed by atoms with Crippen molar-refractivity contribution in [3.63, 3.8) is 0 Å². The van der Waals surface area contributed by atoms with E-state index < -0.39 is 26.5 Å². The summed E-state index contributed by atoms with van der Waals surface area (Å²) in [5.41, 5.74) is 0. The van der Waals surface area contributed by atoms with Gasteiger partial charge in [-0.2, -0.15) is 0 Å². The molecule has 20 heavy (non-hydrogen) atoms. The fourth-order valence-corrected chi connectivity index (χ4v) is 3.55. The molecule has 0 unspecified atom stereocenters. The zero-order chi connectivity index (χ0) is 15.3. The summed E-state index contributed by atoms with van der Waals surface area (Å²) in [5, 5.41) is 0.110. The number of fused-ring (bicyclic) bond motifs is 1. The monoisotopic (exact) mass is 298 g/mol. The van der Waals surface area contributed by atoms with Gasteiger partial charge in [0.05, 0.1) is 0 Å². The van der Waals surface area contributed by atoms with E-state index in [9.17, 15) is 0 Å². The number of rotatable bonds is 2. The van der Waals surface area contributed by atoms with E-state index in [4.69, 9.17) is 25.1 Å². The van der Waals surface area contributed by atoms with E-state index in [0.717, 1.165) is 0 Å². The van der Waals surface area contributed by atoms with Gasteiger partial charge < -0.3 is 18.6 Å². The van der Waals surface area contributed by atoms with Crippen LogP contribution in [0.2, 0.25) is 18.1 Å². The molecular formula is C15H26O4Si. The van der Waals surface area contributed by atoms with Crippen LogP contribution in [0.4, 0.5) is 0 Å². The fourth-order valence-electron chi connectivity index (χ4n) is 2.26. The second-order valence-electron chi connectivity index (χ2n) is 7.53. The first-order chi connectivity index (χ1) is 8.97. The predicted molar refractivity (Wildman–Crippen MR) is 79.6 cm³/mol. The Morgan fingerprint density at radius 2 is 1.80 bits per heavy atom. The Hall–Kier alpha value is -0.383. The van der Waals surface area contributed by atoms with Gasteiger partial charge in [-0.15, -0.1) is 6.42 Å². The van der Waals surface area contributed by atoms with E-state index in [-0.39, 0.29) is 17.2 Å². The summed E-state index contributed by atoms with van der Waals surface area (Å²) >= 11 is 0. The molecule has 4 nitrogen and oxygen atoms in total. The Labute approximate surface area is 123 Å². The molecule has 2 aliphatic rings. The normalized spacial score (nSPS) is 36.7. The maximum atomic E-state index is 6.44. The quantitative estimate of drug-likeness (QED) is 0.580. The van der Waals surface area contributed by atoms with E-state index >= 15 is 0 Å². The van der Waals surface area contributed by atoms with Crippen LogP contribution in [-0.2, 0) is 18.6 Å². The van der Waals surface area contributed by atoms with Gasteiger partial charge in [-0.05, 0) is 32.0 Å². The van der Waals surface area contributed by atoms with Crippen molar-refractivity contribution in [1.82, 2.24) is 0 Å². The second kappa shape index (κ2) is 4.82. The zero-order valence-corrected chi connectivity index (χ0v) is 14.5. The van der Waals surface area contributed by atoms with Crippen LogP contribution in [0.3, 0.4) is 0 Å². The minimum absolute atomic E-state index is 0.110. The molecule has 0 amide bonds. The van der Waals surface area contributed by atoms with Crippen molar-refractivity contribution in [3.8, 4) is 12.3 Å².